The number of hydrogen-bond donors (Lipinski definition) is 1. The molecule has 0 aliphatic heterocycles. The van der Waals surface area contributed by atoms with E-state index in [1.807, 2.05) is 37.4 Å². The van der Waals surface area contributed by atoms with Gasteiger partial charge >= 0.3 is 0 Å². The molecule has 6 heteroatoms. The molecule has 0 aromatic heterocycles. The SMILES string of the molecule is COC[C@@H](C)NC(=O)/C(C#N)=C\c1ccc(OC)c(SC)c1. The molecular formula is C16H20N2O3S. The molecule has 0 heterocycles. The predicted octanol–water partition coefficient (Wildman–Crippen LogP) is 2.48. The van der Waals surface area contributed by atoms with Crippen molar-refractivity contribution in [2.24, 2.45) is 0 Å². The predicted molar refractivity (Wildman–Crippen MR) is 87.8 cm³/mol. The number of carbonyl (C=O) groups excluding carboxylic acids is 1. The number of carbonyl (C=O) groups is 1. The molecule has 1 rings (SSSR count). The third kappa shape index (κ3) is 5.10. The van der Waals surface area contributed by atoms with Crippen LogP contribution in [-0.4, -0.2) is 39.0 Å². The van der Waals surface area contributed by atoms with Gasteiger partial charge in [-0.15, -0.1) is 11.8 Å². The fourth-order valence-corrected chi connectivity index (χ4v) is 2.46. The number of nitrogens with zero attached hydrogens (tertiary/aromatic N) is 1. The number of thioether (sulfide) groups is 1. The smallest absolute Gasteiger partial charge is 0.262 e. The van der Waals surface area contributed by atoms with Gasteiger partial charge in [-0.1, -0.05) is 6.07 Å². The van der Waals surface area contributed by atoms with Crippen molar-refractivity contribution >= 4 is 23.7 Å². The lowest BCUT2D eigenvalue weighted by Crippen LogP contribution is -2.36. The molecule has 1 aromatic carbocycles. The first-order chi connectivity index (χ1) is 10.5. The van der Waals surface area contributed by atoms with Crippen LogP contribution in [0.2, 0.25) is 0 Å². The van der Waals surface area contributed by atoms with Crippen LogP contribution in [0.3, 0.4) is 0 Å². The van der Waals surface area contributed by atoms with E-state index in [0.717, 1.165) is 16.2 Å². The summed E-state index contributed by atoms with van der Waals surface area (Å²) >= 11 is 1.54. The lowest BCUT2D eigenvalue weighted by molar-refractivity contribution is -0.117. The van der Waals surface area contributed by atoms with Gasteiger partial charge in [-0.3, -0.25) is 4.79 Å². The molecule has 0 aliphatic rings. The van der Waals surface area contributed by atoms with E-state index in [1.165, 1.54) is 0 Å². The van der Waals surface area contributed by atoms with E-state index in [2.05, 4.69) is 5.32 Å². The largest absolute Gasteiger partial charge is 0.496 e. The molecule has 1 amide bonds. The molecule has 1 atom stereocenters. The molecule has 0 saturated carbocycles. The van der Waals surface area contributed by atoms with Gasteiger partial charge in [-0.2, -0.15) is 5.26 Å². The first kappa shape index (κ1) is 18.1. The highest BCUT2D eigenvalue weighted by molar-refractivity contribution is 7.98. The molecular weight excluding hydrogens is 300 g/mol. The zero-order valence-corrected chi connectivity index (χ0v) is 14.0. The number of ether oxygens (including phenoxy) is 2. The van der Waals surface area contributed by atoms with Crippen molar-refractivity contribution in [1.82, 2.24) is 5.32 Å². The summed E-state index contributed by atoms with van der Waals surface area (Å²) in [5, 5.41) is 11.9. The number of methoxy groups -OCH3 is 2. The van der Waals surface area contributed by atoms with Gasteiger partial charge in [-0.05, 0) is 37.0 Å². The summed E-state index contributed by atoms with van der Waals surface area (Å²) in [4.78, 5) is 13.0. The first-order valence-electron chi connectivity index (χ1n) is 6.69. The average Bonchev–Trinajstić information content (AvgIpc) is 2.52. The Morgan fingerprint density at radius 2 is 2.23 bits per heavy atom. The van der Waals surface area contributed by atoms with E-state index in [9.17, 15) is 10.1 Å². The Balaban J connectivity index is 2.97. The standard InChI is InChI=1S/C16H20N2O3S/c1-11(10-20-2)18-16(19)13(9-17)7-12-5-6-14(21-3)15(8-12)22-4/h5-8,11H,10H2,1-4H3,(H,18,19)/b13-7-/t11-/m1/s1. The fraction of sp³-hybridized carbons (Fsp3) is 0.375. The Kier molecular flexibility index (Phi) is 7.50. The maximum absolute atomic E-state index is 12.1. The number of rotatable bonds is 7. The highest BCUT2D eigenvalue weighted by Gasteiger charge is 2.12. The third-order valence-corrected chi connectivity index (χ3v) is 3.64. The maximum Gasteiger partial charge on any atom is 0.262 e. The monoisotopic (exact) mass is 320 g/mol. The van der Waals surface area contributed by atoms with E-state index in [0.29, 0.717) is 6.61 Å². The Hall–Kier alpha value is -1.97. The molecule has 0 aliphatic carbocycles. The fourth-order valence-electron chi connectivity index (χ4n) is 1.85. The van der Waals surface area contributed by atoms with Crippen molar-refractivity contribution in [3.63, 3.8) is 0 Å². The second kappa shape index (κ2) is 9.13. The summed E-state index contributed by atoms with van der Waals surface area (Å²) in [6.07, 6.45) is 3.50. The van der Waals surface area contributed by atoms with Crippen molar-refractivity contribution in [2.45, 2.75) is 17.9 Å². The van der Waals surface area contributed by atoms with Gasteiger partial charge in [0.2, 0.25) is 0 Å². The topological polar surface area (TPSA) is 71.3 Å². The van der Waals surface area contributed by atoms with E-state index < -0.39 is 5.91 Å². The molecule has 22 heavy (non-hydrogen) atoms. The van der Waals surface area contributed by atoms with Crippen LogP contribution in [0.4, 0.5) is 0 Å². The van der Waals surface area contributed by atoms with Crippen LogP contribution in [0.25, 0.3) is 6.08 Å². The molecule has 5 nitrogen and oxygen atoms in total. The second-order valence-corrected chi connectivity index (χ2v) is 5.46. The maximum atomic E-state index is 12.1. The van der Waals surface area contributed by atoms with Gasteiger partial charge in [-0.25, -0.2) is 0 Å². The van der Waals surface area contributed by atoms with E-state index >= 15 is 0 Å². The molecule has 0 bridgehead atoms. The summed E-state index contributed by atoms with van der Waals surface area (Å²) < 4.78 is 10.2. The highest BCUT2D eigenvalue weighted by atomic mass is 32.2. The highest BCUT2D eigenvalue weighted by Crippen LogP contribution is 2.29. The molecule has 1 N–H and O–H groups in total. The minimum absolute atomic E-state index is 0.0557. The Morgan fingerprint density at radius 3 is 2.77 bits per heavy atom. The molecule has 0 spiro atoms. The Labute approximate surface area is 135 Å². The Morgan fingerprint density at radius 1 is 1.50 bits per heavy atom. The molecule has 118 valence electrons. The summed E-state index contributed by atoms with van der Waals surface area (Å²) in [6.45, 7) is 2.21. The number of nitriles is 1. The van der Waals surface area contributed by atoms with Crippen LogP contribution in [-0.2, 0) is 9.53 Å². The van der Waals surface area contributed by atoms with Gasteiger partial charge in [0.1, 0.15) is 17.4 Å². The minimum atomic E-state index is -0.409. The van der Waals surface area contributed by atoms with E-state index in [-0.39, 0.29) is 11.6 Å². The minimum Gasteiger partial charge on any atom is -0.496 e. The average molecular weight is 320 g/mol. The molecule has 0 saturated heterocycles. The molecule has 1 aromatic rings. The van der Waals surface area contributed by atoms with E-state index in [1.54, 1.807) is 32.1 Å². The van der Waals surface area contributed by atoms with Crippen molar-refractivity contribution in [3.8, 4) is 11.8 Å². The van der Waals surface area contributed by atoms with Gasteiger partial charge in [0.25, 0.3) is 5.91 Å². The number of amides is 1. The number of hydrogen-bond acceptors (Lipinski definition) is 5. The van der Waals surface area contributed by atoms with Crippen LogP contribution >= 0.6 is 11.8 Å². The lowest BCUT2D eigenvalue weighted by Gasteiger charge is -2.12. The van der Waals surface area contributed by atoms with Crippen LogP contribution in [0.15, 0.2) is 28.7 Å². The normalized spacial score (nSPS) is 12.4. The van der Waals surface area contributed by atoms with Crippen molar-refractivity contribution < 1.29 is 14.3 Å². The van der Waals surface area contributed by atoms with Crippen molar-refractivity contribution in [3.05, 3.63) is 29.3 Å². The van der Waals surface area contributed by atoms with Gasteiger partial charge in [0.15, 0.2) is 0 Å². The second-order valence-electron chi connectivity index (χ2n) is 4.61. The van der Waals surface area contributed by atoms with E-state index in [4.69, 9.17) is 9.47 Å². The summed E-state index contributed by atoms with van der Waals surface area (Å²) in [7, 11) is 3.17. The van der Waals surface area contributed by atoms with Gasteiger partial charge in [0, 0.05) is 18.0 Å². The number of benzene rings is 1. The van der Waals surface area contributed by atoms with Gasteiger partial charge < -0.3 is 14.8 Å². The zero-order valence-electron chi connectivity index (χ0n) is 13.2. The molecule has 0 radical (unpaired) electrons. The van der Waals surface area contributed by atoms with Crippen molar-refractivity contribution in [1.29, 1.82) is 5.26 Å². The van der Waals surface area contributed by atoms with Gasteiger partial charge in [0.05, 0.1) is 13.7 Å². The van der Waals surface area contributed by atoms with Crippen LogP contribution in [0, 0.1) is 11.3 Å². The summed E-state index contributed by atoms with van der Waals surface area (Å²) in [6, 6.07) is 7.28. The van der Waals surface area contributed by atoms with Crippen molar-refractivity contribution in [2.75, 3.05) is 27.1 Å². The number of nitrogens with one attached hydrogen (secondary N) is 1. The van der Waals surface area contributed by atoms with Crippen LogP contribution in [0.5, 0.6) is 5.75 Å². The first-order valence-corrected chi connectivity index (χ1v) is 7.91. The third-order valence-electron chi connectivity index (χ3n) is 2.88. The quantitative estimate of drug-likeness (QED) is 0.475. The summed E-state index contributed by atoms with van der Waals surface area (Å²) in [5.74, 6) is 0.356. The zero-order chi connectivity index (χ0) is 16.5. The summed E-state index contributed by atoms with van der Waals surface area (Å²) in [5.41, 5.74) is 0.830. The molecule has 0 unspecified atom stereocenters. The van der Waals surface area contributed by atoms with Crippen LogP contribution < -0.4 is 10.1 Å². The van der Waals surface area contributed by atoms with Crippen LogP contribution in [0.1, 0.15) is 12.5 Å². The molecule has 0 fully saturated rings. The Bertz CT molecular complexity index is 594. The lowest BCUT2D eigenvalue weighted by atomic mass is 10.1.